The number of ether oxygens (including phenoxy) is 1. The zero-order valence-corrected chi connectivity index (χ0v) is 24.6. The average molecular weight is 566 g/mol. The fraction of sp³-hybridized carbons (Fsp3) is 0.355. The monoisotopic (exact) mass is 565 g/mol. The van der Waals surface area contributed by atoms with Crippen molar-refractivity contribution in [1.29, 1.82) is 0 Å². The molecule has 0 unspecified atom stereocenters. The van der Waals surface area contributed by atoms with Gasteiger partial charge in [0.05, 0.1) is 19.1 Å². The number of rotatable bonds is 13. The summed E-state index contributed by atoms with van der Waals surface area (Å²) in [6.45, 7) is 5.38. The van der Waals surface area contributed by atoms with E-state index in [4.69, 9.17) is 4.74 Å². The number of nitrogens with one attached hydrogen (secondary N) is 1. The van der Waals surface area contributed by atoms with Gasteiger partial charge in [0.15, 0.2) is 0 Å². The Morgan fingerprint density at radius 3 is 2.25 bits per heavy atom. The molecule has 0 aliphatic heterocycles. The van der Waals surface area contributed by atoms with E-state index in [9.17, 15) is 18.0 Å². The van der Waals surface area contributed by atoms with Crippen LogP contribution in [0.4, 0.5) is 5.69 Å². The molecule has 40 heavy (non-hydrogen) atoms. The van der Waals surface area contributed by atoms with Gasteiger partial charge in [-0.05, 0) is 61.2 Å². The van der Waals surface area contributed by atoms with Crippen LogP contribution in [-0.2, 0) is 32.6 Å². The lowest BCUT2D eigenvalue weighted by Gasteiger charge is -2.34. The lowest BCUT2D eigenvalue weighted by Crippen LogP contribution is -2.54. The molecule has 3 aromatic carbocycles. The summed E-state index contributed by atoms with van der Waals surface area (Å²) in [4.78, 5) is 29.3. The maximum Gasteiger partial charge on any atom is 0.244 e. The Bertz CT molecular complexity index is 1390. The van der Waals surface area contributed by atoms with Gasteiger partial charge in [-0.1, -0.05) is 61.5 Å². The molecular formula is C31H39N3O5S. The molecule has 9 heteroatoms. The van der Waals surface area contributed by atoms with Crippen LogP contribution in [0.15, 0.2) is 78.9 Å². The largest absolute Gasteiger partial charge is 0.497 e. The van der Waals surface area contributed by atoms with Gasteiger partial charge in [-0.25, -0.2) is 8.42 Å². The van der Waals surface area contributed by atoms with Crippen molar-refractivity contribution in [3.8, 4) is 5.75 Å². The van der Waals surface area contributed by atoms with Crippen LogP contribution < -0.4 is 14.4 Å². The summed E-state index contributed by atoms with van der Waals surface area (Å²) in [5.41, 5.74) is 2.89. The predicted octanol–water partition coefficient (Wildman–Crippen LogP) is 4.32. The second-order valence-corrected chi connectivity index (χ2v) is 11.9. The second kappa shape index (κ2) is 14.0. The number of benzene rings is 3. The molecule has 0 heterocycles. The normalized spacial score (nSPS) is 12.7. The topological polar surface area (TPSA) is 96.0 Å². The van der Waals surface area contributed by atoms with Crippen LogP contribution in [0.25, 0.3) is 0 Å². The van der Waals surface area contributed by atoms with Gasteiger partial charge in [-0.15, -0.1) is 0 Å². The lowest BCUT2D eigenvalue weighted by atomic mass is 10.0. The molecule has 3 rings (SSSR count). The van der Waals surface area contributed by atoms with E-state index in [1.807, 2.05) is 69.3 Å². The van der Waals surface area contributed by atoms with E-state index < -0.39 is 28.5 Å². The van der Waals surface area contributed by atoms with Crippen LogP contribution in [0.1, 0.15) is 37.0 Å². The molecule has 0 aromatic heterocycles. The van der Waals surface area contributed by atoms with Crippen LogP contribution in [0.3, 0.4) is 0 Å². The molecule has 0 bridgehead atoms. The number of hydrogen-bond acceptors (Lipinski definition) is 5. The number of nitrogens with zero attached hydrogens (tertiary/aromatic N) is 2. The fourth-order valence-electron chi connectivity index (χ4n) is 4.36. The zero-order valence-electron chi connectivity index (χ0n) is 23.8. The number of amides is 2. The van der Waals surface area contributed by atoms with Crippen molar-refractivity contribution in [2.45, 2.75) is 52.2 Å². The summed E-state index contributed by atoms with van der Waals surface area (Å²) in [5, 5.41) is 3.03. The molecule has 2 amide bonds. The Balaban J connectivity index is 2.07. The highest BCUT2D eigenvalue weighted by atomic mass is 32.2. The van der Waals surface area contributed by atoms with Crippen LogP contribution in [-0.4, -0.2) is 57.1 Å². The first kappa shape index (κ1) is 30.7. The molecule has 8 nitrogen and oxygen atoms in total. The third-order valence-electron chi connectivity index (χ3n) is 6.73. The molecule has 0 aliphatic rings. The molecule has 1 N–H and O–H groups in total. The van der Waals surface area contributed by atoms with Crippen molar-refractivity contribution < 1.29 is 22.7 Å². The van der Waals surface area contributed by atoms with Crippen molar-refractivity contribution in [3.05, 3.63) is 95.6 Å². The molecule has 0 saturated heterocycles. The van der Waals surface area contributed by atoms with Crippen molar-refractivity contribution in [1.82, 2.24) is 10.2 Å². The number of sulfonamides is 1. The highest BCUT2D eigenvalue weighted by Crippen LogP contribution is 2.22. The van der Waals surface area contributed by atoms with Gasteiger partial charge < -0.3 is 15.0 Å². The maximum absolute atomic E-state index is 14.1. The van der Waals surface area contributed by atoms with Crippen molar-refractivity contribution >= 4 is 27.5 Å². The number of anilines is 1. The SMILES string of the molecule is CC[C@@H](C)NC(=O)[C@H](Cc1ccccc1)N(Cc1cccc(OC)c1)C(=O)CN(c1cccc(C)c1)S(C)(=O)=O. The molecule has 2 atom stereocenters. The smallest absolute Gasteiger partial charge is 0.244 e. The summed E-state index contributed by atoms with van der Waals surface area (Å²) < 4.78 is 32.2. The zero-order chi connectivity index (χ0) is 29.3. The third-order valence-corrected chi connectivity index (χ3v) is 7.87. The fourth-order valence-corrected chi connectivity index (χ4v) is 5.20. The first-order chi connectivity index (χ1) is 19.0. The van der Waals surface area contributed by atoms with Gasteiger partial charge >= 0.3 is 0 Å². The second-order valence-electron chi connectivity index (χ2n) is 10.0. The van der Waals surface area contributed by atoms with E-state index in [0.29, 0.717) is 11.4 Å². The van der Waals surface area contributed by atoms with Crippen molar-refractivity contribution in [2.75, 3.05) is 24.2 Å². The molecule has 0 spiro atoms. The van der Waals surface area contributed by atoms with Crippen LogP contribution in [0.5, 0.6) is 5.75 Å². The standard InChI is InChI=1S/C31H39N3O5S/c1-6-24(3)32-31(36)29(20-25-13-8-7-9-14-25)33(21-26-15-11-17-28(19-26)39-4)30(35)22-34(40(5,37)38)27-16-10-12-23(2)18-27/h7-19,24,29H,6,20-22H2,1-5H3,(H,32,36)/t24-,29+/m1/s1. The van der Waals surface area contributed by atoms with Gasteiger partial charge in [0.1, 0.15) is 18.3 Å². The Morgan fingerprint density at radius 1 is 0.950 bits per heavy atom. The first-order valence-electron chi connectivity index (χ1n) is 13.3. The molecular weight excluding hydrogens is 526 g/mol. The number of methoxy groups -OCH3 is 1. The summed E-state index contributed by atoms with van der Waals surface area (Å²) in [6, 6.07) is 22.8. The van der Waals surface area contributed by atoms with E-state index in [1.165, 1.54) is 4.90 Å². The van der Waals surface area contributed by atoms with Gasteiger partial charge in [0.2, 0.25) is 21.8 Å². The van der Waals surface area contributed by atoms with Crippen LogP contribution >= 0.6 is 0 Å². The van der Waals surface area contributed by atoms with Gasteiger partial charge in [-0.3, -0.25) is 13.9 Å². The highest BCUT2D eigenvalue weighted by molar-refractivity contribution is 7.92. The van der Waals surface area contributed by atoms with Crippen molar-refractivity contribution in [3.63, 3.8) is 0 Å². The Morgan fingerprint density at radius 2 is 1.62 bits per heavy atom. The summed E-state index contributed by atoms with van der Waals surface area (Å²) in [7, 11) is -2.25. The summed E-state index contributed by atoms with van der Waals surface area (Å²) in [6.07, 6.45) is 2.07. The third kappa shape index (κ3) is 8.58. The minimum atomic E-state index is -3.81. The van der Waals surface area contributed by atoms with Crippen molar-refractivity contribution in [2.24, 2.45) is 0 Å². The highest BCUT2D eigenvalue weighted by Gasteiger charge is 2.33. The first-order valence-corrected chi connectivity index (χ1v) is 15.2. The van der Waals surface area contributed by atoms with E-state index in [-0.39, 0.29) is 24.9 Å². The molecule has 3 aromatic rings. The number of carbonyl (C=O) groups excluding carboxylic acids is 2. The quantitative estimate of drug-likeness (QED) is 0.333. The van der Waals surface area contributed by atoms with E-state index >= 15 is 0 Å². The minimum Gasteiger partial charge on any atom is -0.497 e. The predicted molar refractivity (Wildman–Crippen MR) is 159 cm³/mol. The maximum atomic E-state index is 14.1. The number of hydrogen-bond donors (Lipinski definition) is 1. The molecule has 0 aliphatic carbocycles. The molecule has 214 valence electrons. The minimum absolute atomic E-state index is 0.0902. The molecule has 0 fully saturated rings. The van der Waals surface area contributed by atoms with Crippen LogP contribution in [0.2, 0.25) is 0 Å². The Kier molecular flexibility index (Phi) is 10.7. The van der Waals surface area contributed by atoms with Gasteiger partial charge in [0, 0.05) is 19.0 Å². The van der Waals surface area contributed by atoms with E-state index in [1.54, 1.807) is 37.4 Å². The van der Waals surface area contributed by atoms with E-state index in [0.717, 1.165) is 33.7 Å². The Hall–Kier alpha value is -3.85. The average Bonchev–Trinajstić information content (AvgIpc) is 2.93. The molecule has 0 radical (unpaired) electrons. The Labute approximate surface area is 238 Å². The van der Waals surface area contributed by atoms with Crippen LogP contribution in [0, 0.1) is 6.92 Å². The van der Waals surface area contributed by atoms with E-state index in [2.05, 4.69) is 5.32 Å². The van der Waals surface area contributed by atoms with Gasteiger partial charge in [-0.2, -0.15) is 0 Å². The number of aryl methyl sites for hydroxylation is 1. The summed E-state index contributed by atoms with van der Waals surface area (Å²) in [5.74, 6) is -0.169. The van der Waals surface area contributed by atoms with Gasteiger partial charge in [0.25, 0.3) is 0 Å². The lowest BCUT2D eigenvalue weighted by molar-refractivity contribution is -0.140. The summed E-state index contributed by atoms with van der Waals surface area (Å²) >= 11 is 0. The number of carbonyl (C=O) groups is 2. The molecule has 0 saturated carbocycles.